The standard InChI is InChI=1S/C13H25N3O3/c1-14(2)8-9-15(3)13(19)16-7-5-4-6-11(16)10-12(17)18/h11H,4-10H2,1-3H3,(H,17,18). The van der Waals surface area contributed by atoms with Gasteiger partial charge in [-0.2, -0.15) is 0 Å². The summed E-state index contributed by atoms with van der Waals surface area (Å²) < 4.78 is 0. The number of carbonyl (C=O) groups excluding carboxylic acids is 1. The smallest absolute Gasteiger partial charge is 0.320 e. The number of urea groups is 1. The van der Waals surface area contributed by atoms with E-state index < -0.39 is 5.97 Å². The molecule has 1 aliphatic rings. The van der Waals surface area contributed by atoms with Crippen molar-refractivity contribution < 1.29 is 14.7 Å². The fraction of sp³-hybridized carbons (Fsp3) is 0.846. The van der Waals surface area contributed by atoms with Crippen molar-refractivity contribution in [3.8, 4) is 0 Å². The first kappa shape index (κ1) is 15.8. The molecular formula is C13H25N3O3. The van der Waals surface area contributed by atoms with Crippen LogP contribution in [0.3, 0.4) is 0 Å². The molecule has 0 aromatic rings. The Morgan fingerprint density at radius 1 is 1.21 bits per heavy atom. The summed E-state index contributed by atoms with van der Waals surface area (Å²) in [6, 6.07) is -0.201. The number of hydrogen-bond acceptors (Lipinski definition) is 3. The van der Waals surface area contributed by atoms with E-state index in [4.69, 9.17) is 5.11 Å². The van der Waals surface area contributed by atoms with Crippen molar-refractivity contribution in [1.82, 2.24) is 14.7 Å². The van der Waals surface area contributed by atoms with Gasteiger partial charge in [0.05, 0.1) is 6.42 Å². The molecule has 19 heavy (non-hydrogen) atoms. The molecule has 1 fully saturated rings. The summed E-state index contributed by atoms with van der Waals surface area (Å²) in [5.41, 5.74) is 0. The van der Waals surface area contributed by atoms with Gasteiger partial charge < -0.3 is 19.8 Å². The highest BCUT2D eigenvalue weighted by atomic mass is 16.4. The Kier molecular flexibility index (Phi) is 6.08. The summed E-state index contributed by atoms with van der Waals surface area (Å²) in [5.74, 6) is -0.833. The summed E-state index contributed by atoms with van der Waals surface area (Å²) in [4.78, 5) is 28.6. The van der Waals surface area contributed by atoms with Gasteiger partial charge in [-0.15, -0.1) is 0 Å². The minimum absolute atomic E-state index is 0.0483. The number of nitrogens with zero attached hydrogens (tertiary/aromatic N) is 3. The van der Waals surface area contributed by atoms with E-state index in [0.29, 0.717) is 13.1 Å². The molecule has 0 saturated carbocycles. The maximum Gasteiger partial charge on any atom is 0.320 e. The predicted octanol–water partition coefficient (Wildman–Crippen LogP) is 0.929. The van der Waals surface area contributed by atoms with Gasteiger partial charge in [-0.05, 0) is 33.4 Å². The quantitative estimate of drug-likeness (QED) is 0.808. The average Bonchev–Trinajstić information content (AvgIpc) is 2.35. The topological polar surface area (TPSA) is 64.1 Å². The van der Waals surface area contributed by atoms with Gasteiger partial charge in [0.1, 0.15) is 0 Å². The number of carboxylic acid groups (broad SMARTS) is 1. The van der Waals surface area contributed by atoms with E-state index in [1.807, 2.05) is 19.0 Å². The summed E-state index contributed by atoms with van der Waals surface area (Å²) in [5, 5.41) is 8.92. The Hall–Kier alpha value is -1.30. The molecule has 1 rings (SSSR count). The number of likely N-dealkylation sites (tertiary alicyclic amines) is 1. The van der Waals surface area contributed by atoms with Gasteiger partial charge in [-0.1, -0.05) is 0 Å². The Bertz CT molecular complexity index is 320. The third-order valence-corrected chi connectivity index (χ3v) is 3.49. The maximum atomic E-state index is 12.3. The highest BCUT2D eigenvalue weighted by Gasteiger charge is 2.30. The molecule has 0 radical (unpaired) electrons. The second-order valence-corrected chi connectivity index (χ2v) is 5.45. The summed E-state index contributed by atoms with van der Waals surface area (Å²) in [6.45, 7) is 2.13. The Balaban J connectivity index is 2.58. The van der Waals surface area contributed by atoms with Crippen molar-refractivity contribution in [3.05, 3.63) is 0 Å². The molecule has 1 N–H and O–H groups in total. The lowest BCUT2D eigenvalue weighted by molar-refractivity contribution is -0.138. The van der Waals surface area contributed by atoms with Gasteiger partial charge in [0.15, 0.2) is 0 Å². The lowest BCUT2D eigenvalue weighted by atomic mass is 10.00. The zero-order valence-corrected chi connectivity index (χ0v) is 12.1. The first-order valence-corrected chi connectivity index (χ1v) is 6.80. The second-order valence-electron chi connectivity index (χ2n) is 5.45. The van der Waals surface area contributed by atoms with Crippen molar-refractivity contribution in [2.45, 2.75) is 31.7 Å². The zero-order chi connectivity index (χ0) is 14.4. The van der Waals surface area contributed by atoms with E-state index in [0.717, 1.165) is 25.8 Å². The molecule has 0 aliphatic carbocycles. The van der Waals surface area contributed by atoms with E-state index in [1.54, 1.807) is 16.8 Å². The normalized spacial score (nSPS) is 19.6. The van der Waals surface area contributed by atoms with Gasteiger partial charge in [-0.3, -0.25) is 4.79 Å². The fourth-order valence-corrected chi connectivity index (χ4v) is 2.33. The molecule has 0 bridgehead atoms. The fourth-order valence-electron chi connectivity index (χ4n) is 2.33. The van der Waals surface area contributed by atoms with Crippen LogP contribution in [0.4, 0.5) is 4.79 Å². The van der Waals surface area contributed by atoms with E-state index in [9.17, 15) is 9.59 Å². The van der Waals surface area contributed by atoms with Crippen molar-refractivity contribution in [2.24, 2.45) is 0 Å². The molecule has 1 saturated heterocycles. The van der Waals surface area contributed by atoms with Crippen LogP contribution in [0.15, 0.2) is 0 Å². The van der Waals surface area contributed by atoms with Gasteiger partial charge >= 0.3 is 12.0 Å². The van der Waals surface area contributed by atoms with Gasteiger partial charge in [0, 0.05) is 32.7 Å². The average molecular weight is 271 g/mol. The van der Waals surface area contributed by atoms with Crippen LogP contribution in [0.5, 0.6) is 0 Å². The molecule has 0 spiro atoms. The third-order valence-electron chi connectivity index (χ3n) is 3.49. The number of hydrogen-bond donors (Lipinski definition) is 1. The SMILES string of the molecule is CN(C)CCN(C)C(=O)N1CCCCC1CC(=O)O. The number of piperidine rings is 1. The minimum Gasteiger partial charge on any atom is -0.481 e. The van der Waals surface area contributed by atoms with E-state index in [1.165, 1.54) is 0 Å². The summed E-state index contributed by atoms with van der Waals surface area (Å²) in [7, 11) is 5.71. The van der Waals surface area contributed by atoms with Crippen LogP contribution in [-0.4, -0.2) is 78.6 Å². The van der Waals surface area contributed by atoms with Crippen LogP contribution in [0.25, 0.3) is 0 Å². The molecule has 1 atom stereocenters. The highest BCUT2D eigenvalue weighted by molar-refractivity contribution is 5.76. The lowest BCUT2D eigenvalue weighted by Crippen LogP contribution is -2.50. The van der Waals surface area contributed by atoms with Crippen LogP contribution < -0.4 is 0 Å². The van der Waals surface area contributed by atoms with E-state index in [-0.39, 0.29) is 18.5 Å². The molecular weight excluding hydrogens is 246 g/mol. The van der Waals surface area contributed by atoms with Crippen molar-refractivity contribution in [3.63, 3.8) is 0 Å². The van der Waals surface area contributed by atoms with Crippen molar-refractivity contribution in [1.29, 1.82) is 0 Å². The van der Waals surface area contributed by atoms with Crippen LogP contribution >= 0.6 is 0 Å². The Morgan fingerprint density at radius 3 is 2.47 bits per heavy atom. The summed E-state index contributed by atoms with van der Waals surface area (Å²) in [6.07, 6.45) is 2.80. The second kappa shape index (κ2) is 7.33. The molecule has 0 aromatic carbocycles. The van der Waals surface area contributed by atoms with Gasteiger partial charge in [0.2, 0.25) is 0 Å². The molecule has 6 heteroatoms. The molecule has 6 nitrogen and oxygen atoms in total. The number of amides is 2. The van der Waals surface area contributed by atoms with E-state index in [2.05, 4.69) is 0 Å². The number of carboxylic acids is 1. The van der Waals surface area contributed by atoms with Crippen LogP contribution in [0.2, 0.25) is 0 Å². The summed E-state index contributed by atoms with van der Waals surface area (Å²) >= 11 is 0. The first-order valence-electron chi connectivity index (χ1n) is 6.80. The predicted molar refractivity (Wildman–Crippen MR) is 73.2 cm³/mol. The highest BCUT2D eigenvalue weighted by Crippen LogP contribution is 2.20. The minimum atomic E-state index is -0.833. The monoisotopic (exact) mass is 271 g/mol. The number of rotatable bonds is 5. The Labute approximate surface area is 115 Å². The third kappa shape index (κ3) is 5.06. The Morgan fingerprint density at radius 2 is 1.89 bits per heavy atom. The molecule has 1 aliphatic heterocycles. The van der Waals surface area contributed by atoms with Gasteiger partial charge in [-0.25, -0.2) is 4.79 Å². The van der Waals surface area contributed by atoms with Crippen molar-refractivity contribution >= 4 is 12.0 Å². The molecule has 1 unspecified atom stereocenters. The van der Waals surface area contributed by atoms with Crippen LogP contribution in [0, 0.1) is 0 Å². The first-order chi connectivity index (χ1) is 8.91. The van der Waals surface area contributed by atoms with E-state index >= 15 is 0 Å². The molecule has 110 valence electrons. The van der Waals surface area contributed by atoms with Gasteiger partial charge in [0.25, 0.3) is 0 Å². The molecule has 2 amide bonds. The van der Waals surface area contributed by atoms with Crippen LogP contribution in [0.1, 0.15) is 25.7 Å². The lowest BCUT2D eigenvalue weighted by Gasteiger charge is -2.37. The number of carbonyl (C=O) groups is 2. The zero-order valence-electron chi connectivity index (χ0n) is 12.1. The number of likely N-dealkylation sites (N-methyl/N-ethyl adjacent to an activating group) is 2. The number of aliphatic carboxylic acids is 1. The maximum absolute atomic E-state index is 12.3. The van der Waals surface area contributed by atoms with Crippen LogP contribution in [-0.2, 0) is 4.79 Å². The molecule has 0 aromatic heterocycles. The largest absolute Gasteiger partial charge is 0.481 e. The molecule has 1 heterocycles. The van der Waals surface area contributed by atoms with Crippen molar-refractivity contribution in [2.75, 3.05) is 40.8 Å².